The maximum atomic E-state index is 5.09. The van der Waals surface area contributed by atoms with Crippen molar-refractivity contribution in [3.05, 3.63) is 18.3 Å². The van der Waals surface area contributed by atoms with E-state index in [1.54, 1.807) is 7.11 Å². The van der Waals surface area contributed by atoms with Gasteiger partial charge < -0.3 is 9.64 Å². The molecule has 0 saturated heterocycles. The second-order valence-electron chi connectivity index (χ2n) is 4.75. The van der Waals surface area contributed by atoms with E-state index in [1.807, 2.05) is 12.3 Å². The summed E-state index contributed by atoms with van der Waals surface area (Å²) in [7, 11) is 1.65. The number of methoxy groups -OCH3 is 1. The van der Waals surface area contributed by atoms with E-state index in [1.165, 1.54) is 37.9 Å². The van der Waals surface area contributed by atoms with Gasteiger partial charge in [-0.25, -0.2) is 4.98 Å². The predicted octanol–water partition coefficient (Wildman–Crippen LogP) is 3.11. The predicted molar refractivity (Wildman–Crippen MR) is 70.6 cm³/mol. The maximum Gasteiger partial charge on any atom is 0.213 e. The van der Waals surface area contributed by atoms with Crippen molar-refractivity contribution in [3.8, 4) is 5.88 Å². The molecular formula is C14H22N2O. The summed E-state index contributed by atoms with van der Waals surface area (Å²) in [4.78, 5) is 6.70. The molecule has 1 fully saturated rings. The van der Waals surface area contributed by atoms with Gasteiger partial charge in [-0.1, -0.05) is 12.8 Å². The largest absolute Gasteiger partial charge is 0.481 e. The summed E-state index contributed by atoms with van der Waals surface area (Å²) in [5.41, 5.74) is 1.21. The average molecular weight is 234 g/mol. The zero-order valence-corrected chi connectivity index (χ0v) is 10.9. The minimum absolute atomic E-state index is 0.686. The van der Waals surface area contributed by atoms with Crippen LogP contribution >= 0.6 is 0 Å². The van der Waals surface area contributed by atoms with Crippen LogP contribution in [0.5, 0.6) is 5.88 Å². The molecule has 2 rings (SSSR count). The molecule has 1 saturated carbocycles. The molecule has 0 N–H and O–H groups in total. The lowest BCUT2D eigenvalue weighted by Crippen LogP contribution is -2.28. The van der Waals surface area contributed by atoms with E-state index in [2.05, 4.69) is 22.9 Å². The Kier molecular flexibility index (Phi) is 4.24. The molecule has 0 aromatic carbocycles. The fourth-order valence-corrected chi connectivity index (χ4v) is 2.60. The van der Waals surface area contributed by atoms with Crippen LogP contribution in [0.15, 0.2) is 18.3 Å². The standard InChI is InChI=1S/C14H22N2O/c1-3-16(11-12-6-4-5-7-12)13-8-9-14(17-2)15-10-13/h8-10,12H,3-7,11H2,1-2H3. The topological polar surface area (TPSA) is 25.4 Å². The van der Waals surface area contributed by atoms with Gasteiger partial charge in [0.1, 0.15) is 0 Å². The molecule has 1 heterocycles. The third-order valence-corrected chi connectivity index (χ3v) is 3.63. The molecule has 0 unspecified atom stereocenters. The van der Waals surface area contributed by atoms with Gasteiger partial charge in [-0.2, -0.15) is 0 Å². The van der Waals surface area contributed by atoms with Crippen LogP contribution in [0.4, 0.5) is 5.69 Å². The Hall–Kier alpha value is -1.25. The third kappa shape index (κ3) is 3.11. The Bertz CT molecular complexity index is 331. The number of hydrogen-bond acceptors (Lipinski definition) is 3. The molecule has 0 aliphatic heterocycles. The van der Waals surface area contributed by atoms with E-state index in [0.717, 1.165) is 12.5 Å². The number of aromatic nitrogens is 1. The summed E-state index contributed by atoms with van der Waals surface area (Å²) >= 11 is 0. The second kappa shape index (κ2) is 5.89. The van der Waals surface area contributed by atoms with Crippen LogP contribution in [0.25, 0.3) is 0 Å². The van der Waals surface area contributed by atoms with Crippen LogP contribution in [-0.2, 0) is 0 Å². The van der Waals surface area contributed by atoms with Crippen LogP contribution in [-0.4, -0.2) is 25.2 Å². The van der Waals surface area contributed by atoms with Crippen LogP contribution in [0.1, 0.15) is 32.6 Å². The molecule has 0 spiro atoms. The highest BCUT2D eigenvalue weighted by atomic mass is 16.5. The zero-order valence-electron chi connectivity index (χ0n) is 10.9. The molecule has 0 bridgehead atoms. The minimum Gasteiger partial charge on any atom is -0.481 e. The number of rotatable bonds is 5. The molecule has 1 aromatic heterocycles. The Labute approximate surface area is 104 Å². The van der Waals surface area contributed by atoms with E-state index >= 15 is 0 Å². The SMILES string of the molecule is CCN(CC1CCCC1)c1ccc(OC)nc1. The number of nitrogens with zero attached hydrogens (tertiary/aromatic N) is 2. The summed E-state index contributed by atoms with van der Waals surface area (Å²) in [6, 6.07) is 4.04. The molecule has 3 nitrogen and oxygen atoms in total. The Balaban J connectivity index is 2.00. The highest BCUT2D eigenvalue weighted by Crippen LogP contribution is 2.27. The first-order valence-corrected chi connectivity index (χ1v) is 6.58. The van der Waals surface area contributed by atoms with E-state index in [9.17, 15) is 0 Å². The van der Waals surface area contributed by atoms with Crippen LogP contribution < -0.4 is 9.64 Å². The Morgan fingerprint density at radius 3 is 2.65 bits per heavy atom. The molecule has 3 heteroatoms. The van der Waals surface area contributed by atoms with Gasteiger partial charge in [0.05, 0.1) is 19.0 Å². The maximum absolute atomic E-state index is 5.09. The van der Waals surface area contributed by atoms with Crippen LogP contribution in [0.3, 0.4) is 0 Å². The first-order valence-electron chi connectivity index (χ1n) is 6.58. The Morgan fingerprint density at radius 1 is 1.35 bits per heavy atom. The lowest BCUT2D eigenvalue weighted by Gasteiger charge is -2.26. The minimum atomic E-state index is 0.686. The number of ether oxygens (including phenoxy) is 1. The monoisotopic (exact) mass is 234 g/mol. The van der Waals surface area contributed by atoms with Crippen molar-refractivity contribution in [1.29, 1.82) is 0 Å². The fraction of sp³-hybridized carbons (Fsp3) is 0.643. The van der Waals surface area contributed by atoms with Gasteiger partial charge >= 0.3 is 0 Å². The van der Waals surface area contributed by atoms with E-state index in [0.29, 0.717) is 5.88 Å². The van der Waals surface area contributed by atoms with Crippen molar-refractivity contribution in [2.45, 2.75) is 32.6 Å². The van der Waals surface area contributed by atoms with E-state index < -0.39 is 0 Å². The van der Waals surface area contributed by atoms with E-state index in [-0.39, 0.29) is 0 Å². The summed E-state index contributed by atoms with van der Waals surface area (Å²) in [6.07, 6.45) is 7.50. The fourth-order valence-electron chi connectivity index (χ4n) is 2.60. The first kappa shape index (κ1) is 12.2. The summed E-state index contributed by atoms with van der Waals surface area (Å²) in [6.45, 7) is 4.42. The lowest BCUT2D eigenvalue weighted by atomic mass is 10.1. The molecule has 1 aliphatic carbocycles. The van der Waals surface area contributed by atoms with Crippen molar-refractivity contribution >= 4 is 5.69 Å². The summed E-state index contributed by atoms with van der Waals surface area (Å²) in [5, 5.41) is 0. The van der Waals surface area contributed by atoms with Crippen molar-refractivity contribution in [2.75, 3.05) is 25.1 Å². The number of pyridine rings is 1. The molecule has 17 heavy (non-hydrogen) atoms. The normalized spacial score (nSPS) is 16.1. The lowest BCUT2D eigenvalue weighted by molar-refractivity contribution is 0.398. The summed E-state index contributed by atoms with van der Waals surface area (Å²) in [5.74, 6) is 1.56. The molecule has 1 aromatic rings. The second-order valence-corrected chi connectivity index (χ2v) is 4.75. The zero-order chi connectivity index (χ0) is 12.1. The average Bonchev–Trinajstić information content (AvgIpc) is 2.89. The first-order chi connectivity index (χ1) is 8.33. The Morgan fingerprint density at radius 2 is 2.12 bits per heavy atom. The third-order valence-electron chi connectivity index (χ3n) is 3.63. The summed E-state index contributed by atoms with van der Waals surface area (Å²) < 4.78 is 5.09. The van der Waals surface area contributed by atoms with Crippen molar-refractivity contribution in [3.63, 3.8) is 0 Å². The van der Waals surface area contributed by atoms with Crippen molar-refractivity contribution < 1.29 is 4.74 Å². The number of hydrogen-bond donors (Lipinski definition) is 0. The van der Waals surface area contributed by atoms with Crippen LogP contribution in [0.2, 0.25) is 0 Å². The van der Waals surface area contributed by atoms with Gasteiger partial charge in [-0.15, -0.1) is 0 Å². The van der Waals surface area contributed by atoms with Gasteiger partial charge in [-0.05, 0) is 31.7 Å². The molecule has 0 atom stereocenters. The molecular weight excluding hydrogens is 212 g/mol. The molecule has 94 valence electrons. The van der Waals surface area contributed by atoms with Crippen molar-refractivity contribution in [1.82, 2.24) is 4.98 Å². The van der Waals surface area contributed by atoms with Gasteiger partial charge in [0.2, 0.25) is 5.88 Å². The number of anilines is 1. The quantitative estimate of drug-likeness (QED) is 0.782. The van der Waals surface area contributed by atoms with Gasteiger partial charge in [0.25, 0.3) is 0 Å². The van der Waals surface area contributed by atoms with Crippen molar-refractivity contribution in [2.24, 2.45) is 5.92 Å². The highest BCUT2D eigenvalue weighted by molar-refractivity contribution is 5.45. The molecule has 0 radical (unpaired) electrons. The van der Waals surface area contributed by atoms with Gasteiger partial charge in [0.15, 0.2) is 0 Å². The highest BCUT2D eigenvalue weighted by Gasteiger charge is 2.18. The van der Waals surface area contributed by atoms with Crippen LogP contribution in [0, 0.1) is 5.92 Å². The molecule has 0 amide bonds. The smallest absolute Gasteiger partial charge is 0.213 e. The van der Waals surface area contributed by atoms with E-state index in [4.69, 9.17) is 4.74 Å². The molecule has 1 aliphatic rings. The van der Waals surface area contributed by atoms with Gasteiger partial charge in [0, 0.05) is 19.2 Å². The van der Waals surface area contributed by atoms with Gasteiger partial charge in [-0.3, -0.25) is 0 Å².